The predicted molar refractivity (Wildman–Crippen MR) is 83.4 cm³/mol. The molecule has 0 aliphatic rings. The fraction of sp³-hybridized carbons (Fsp3) is 0.125. The van der Waals surface area contributed by atoms with Crippen LogP contribution >= 0.6 is 11.6 Å². The summed E-state index contributed by atoms with van der Waals surface area (Å²) in [7, 11) is 1.42. The van der Waals surface area contributed by atoms with Crippen molar-refractivity contribution in [2.75, 3.05) is 7.05 Å². The van der Waals surface area contributed by atoms with Crippen LogP contribution in [0, 0.1) is 5.82 Å². The summed E-state index contributed by atoms with van der Waals surface area (Å²) >= 11 is 5.87. The van der Waals surface area contributed by atoms with Crippen LogP contribution in [0.3, 0.4) is 0 Å². The lowest BCUT2D eigenvalue weighted by Gasteiger charge is -2.11. The fourth-order valence-corrected chi connectivity index (χ4v) is 1.85. The van der Waals surface area contributed by atoms with E-state index in [0.29, 0.717) is 0 Å². The summed E-state index contributed by atoms with van der Waals surface area (Å²) in [4.78, 5) is 11.8. The zero-order chi connectivity index (χ0) is 15.9. The van der Waals surface area contributed by atoms with Crippen molar-refractivity contribution < 1.29 is 13.9 Å². The van der Waals surface area contributed by atoms with Gasteiger partial charge in [0.1, 0.15) is 12.4 Å². The van der Waals surface area contributed by atoms with E-state index in [-0.39, 0.29) is 17.2 Å². The molecule has 2 aromatic rings. The molecule has 0 aliphatic carbocycles. The zero-order valence-electron chi connectivity index (χ0n) is 11.9. The van der Waals surface area contributed by atoms with Crippen molar-refractivity contribution in [1.29, 1.82) is 0 Å². The van der Waals surface area contributed by atoms with E-state index in [9.17, 15) is 9.18 Å². The Morgan fingerprint density at radius 1 is 1.27 bits per heavy atom. The Morgan fingerprint density at radius 2 is 2.00 bits per heavy atom. The Bertz CT molecular complexity index is 657. The van der Waals surface area contributed by atoms with E-state index < -0.39 is 11.9 Å². The maximum atomic E-state index is 13.6. The lowest BCUT2D eigenvalue weighted by Crippen LogP contribution is -2.22. The normalized spacial score (nSPS) is 10.7. The van der Waals surface area contributed by atoms with Gasteiger partial charge < -0.3 is 4.74 Å². The maximum absolute atomic E-state index is 13.6. The first kappa shape index (κ1) is 16.0. The summed E-state index contributed by atoms with van der Waals surface area (Å²) in [5, 5.41) is 5.03. The van der Waals surface area contributed by atoms with Gasteiger partial charge in [-0.2, -0.15) is 5.10 Å². The first-order valence-electron chi connectivity index (χ1n) is 6.50. The molecule has 4 nitrogen and oxygen atoms in total. The Kier molecular flexibility index (Phi) is 5.49. The predicted octanol–water partition coefficient (Wildman–Crippen LogP) is 4.08. The first-order chi connectivity index (χ1) is 10.6. The van der Waals surface area contributed by atoms with Crippen molar-refractivity contribution in [2.24, 2.45) is 5.10 Å². The highest BCUT2D eigenvalue weighted by atomic mass is 35.5. The van der Waals surface area contributed by atoms with Gasteiger partial charge in [-0.25, -0.2) is 14.2 Å². The van der Waals surface area contributed by atoms with E-state index in [4.69, 9.17) is 16.3 Å². The molecule has 0 radical (unpaired) electrons. The lowest BCUT2D eigenvalue weighted by molar-refractivity contribution is 0.106. The van der Waals surface area contributed by atoms with Crippen LogP contribution in [-0.2, 0) is 11.3 Å². The smallest absolute Gasteiger partial charge is 0.430 e. The average Bonchev–Trinajstić information content (AvgIpc) is 2.53. The molecule has 1 amide bonds. The quantitative estimate of drug-likeness (QED) is 0.629. The molecule has 22 heavy (non-hydrogen) atoms. The van der Waals surface area contributed by atoms with Gasteiger partial charge in [-0.05, 0) is 17.7 Å². The second kappa shape index (κ2) is 7.56. The third-order valence-electron chi connectivity index (χ3n) is 2.83. The van der Waals surface area contributed by atoms with Crippen LogP contribution in [0.2, 0.25) is 5.02 Å². The van der Waals surface area contributed by atoms with Gasteiger partial charge >= 0.3 is 6.09 Å². The molecule has 0 unspecified atom stereocenters. The van der Waals surface area contributed by atoms with Crippen molar-refractivity contribution in [2.45, 2.75) is 6.61 Å². The number of benzene rings is 2. The summed E-state index contributed by atoms with van der Waals surface area (Å²) in [6.45, 7) is 0.139. The molecular weight excluding hydrogens is 307 g/mol. The number of nitrogens with zero attached hydrogens (tertiary/aromatic N) is 2. The summed E-state index contributed by atoms with van der Waals surface area (Å²) < 4.78 is 18.6. The maximum Gasteiger partial charge on any atom is 0.430 e. The number of ether oxygens (including phenoxy) is 1. The molecule has 2 rings (SSSR count). The number of carbonyl (C=O) groups is 1. The van der Waals surface area contributed by atoms with E-state index in [0.717, 1.165) is 10.6 Å². The van der Waals surface area contributed by atoms with Gasteiger partial charge in [0, 0.05) is 12.6 Å². The van der Waals surface area contributed by atoms with Crippen LogP contribution in [-0.4, -0.2) is 24.4 Å². The molecule has 0 aromatic heterocycles. The molecule has 0 saturated heterocycles. The van der Waals surface area contributed by atoms with E-state index in [2.05, 4.69) is 5.10 Å². The molecule has 0 N–H and O–H groups in total. The number of halogens is 2. The van der Waals surface area contributed by atoms with Crippen LogP contribution in [0.25, 0.3) is 0 Å². The third kappa shape index (κ3) is 4.30. The Morgan fingerprint density at radius 3 is 2.68 bits per heavy atom. The van der Waals surface area contributed by atoms with Gasteiger partial charge in [-0.3, -0.25) is 0 Å². The zero-order valence-corrected chi connectivity index (χ0v) is 12.6. The second-order valence-corrected chi connectivity index (χ2v) is 4.85. The second-order valence-electron chi connectivity index (χ2n) is 4.44. The van der Waals surface area contributed by atoms with Gasteiger partial charge in [0.05, 0.1) is 11.2 Å². The summed E-state index contributed by atoms with van der Waals surface area (Å²) in [5.41, 5.74) is 0.984. The van der Waals surface area contributed by atoms with Gasteiger partial charge in [0.2, 0.25) is 0 Å². The van der Waals surface area contributed by atoms with E-state index in [1.54, 1.807) is 6.07 Å². The Balaban J connectivity index is 1.95. The minimum absolute atomic E-state index is 0.117. The van der Waals surface area contributed by atoms with Crippen LogP contribution in [0.15, 0.2) is 53.6 Å². The number of amides is 1. The molecule has 0 atom stereocenters. The topological polar surface area (TPSA) is 41.9 Å². The lowest BCUT2D eigenvalue weighted by atomic mass is 10.2. The Hall–Kier alpha value is -2.40. The molecule has 0 saturated carbocycles. The standard InChI is InChI=1S/C16H14ClFN2O2/c1-20(16(21)22-11-12-6-3-2-4-7-12)19-10-13-14(17)8-5-9-15(13)18/h2-10H,11H2,1H3/b19-10-. The summed E-state index contributed by atoms with van der Waals surface area (Å²) in [6, 6.07) is 13.6. The van der Waals surface area contributed by atoms with Gasteiger partial charge in [0.25, 0.3) is 0 Å². The minimum atomic E-state index is -0.646. The molecular formula is C16H14ClFN2O2. The molecule has 0 spiro atoms. The number of hydrazone groups is 1. The van der Waals surface area contributed by atoms with Crippen LogP contribution < -0.4 is 0 Å². The number of hydrogen-bond donors (Lipinski definition) is 0. The number of carbonyl (C=O) groups excluding carboxylic acids is 1. The SMILES string of the molecule is CN(/N=C\c1c(F)cccc1Cl)C(=O)OCc1ccccc1. The van der Waals surface area contributed by atoms with Gasteiger partial charge in [-0.15, -0.1) is 0 Å². The monoisotopic (exact) mass is 320 g/mol. The van der Waals surface area contributed by atoms with E-state index in [1.165, 1.54) is 25.4 Å². The van der Waals surface area contributed by atoms with Crippen LogP contribution in [0.4, 0.5) is 9.18 Å². The average molecular weight is 321 g/mol. The number of hydrogen-bond acceptors (Lipinski definition) is 3. The highest BCUT2D eigenvalue weighted by Crippen LogP contribution is 2.16. The van der Waals surface area contributed by atoms with Gasteiger partial charge in [0.15, 0.2) is 0 Å². The Labute approximate surface area is 132 Å². The van der Waals surface area contributed by atoms with Crippen molar-refractivity contribution in [3.05, 3.63) is 70.5 Å². The van der Waals surface area contributed by atoms with Gasteiger partial charge in [-0.1, -0.05) is 48.0 Å². The van der Waals surface area contributed by atoms with Crippen molar-refractivity contribution in [3.63, 3.8) is 0 Å². The number of rotatable bonds is 4. The fourth-order valence-electron chi connectivity index (χ4n) is 1.64. The molecule has 6 heteroatoms. The van der Waals surface area contributed by atoms with Crippen molar-refractivity contribution in [3.8, 4) is 0 Å². The highest BCUT2D eigenvalue weighted by molar-refractivity contribution is 6.33. The molecule has 0 bridgehead atoms. The molecule has 0 aliphatic heterocycles. The van der Waals surface area contributed by atoms with Crippen molar-refractivity contribution >= 4 is 23.9 Å². The molecule has 0 fully saturated rings. The molecule has 114 valence electrons. The van der Waals surface area contributed by atoms with E-state index >= 15 is 0 Å². The molecule has 2 aromatic carbocycles. The highest BCUT2D eigenvalue weighted by Gasteiger charge is 2.10. The summed E-state index contributed by atoms with van der Waals surface area (Å²) in [5.74, 6) is -0.512. The largest absolute Gasteiger partial charge is 0.443 e. The molecule has 0 heterocycles. The first-order valence-corrected chi connectivity index (χ1v) is 6.88. The third-order valence-corrected chi connectivity index (χ3v) is 3.16. The summed E-state index contributed by atoms with van der Waals surface area (Å²) in [6.07, 6.45) is 0.536. The minimum Gasteiger partial charge on any atom is -0.443 e. The van der Waals surface area contributed by atoms with Crippen LogP contribution in [0.5, 0.6) is 0 Å². The van der Waals surface area contributed by atoms with E-state index in [1.807, 2.05) is 30.3 Å². The van der Waals surface area contributed by atoms with Crippen LogP contribution in [0.1, 0.15) is 11.1 Å². The van der Waals surface area contributed by atoms with Crippen molar-refractivity contribution in [1.82, 2.24) is 5.01 Å².